The van der Waals surface area contributed by atoms with E-state index in [1.807, 2.05) is 0 Å². The number of rotatable bonds is 4. The lowest BCUT2D eigenvalue weighted by Gasteiger charge is -2.09. The van der Waals surface area contributed by atoms with Crippen molar-refractivity contribution in [1.29, 1.82) is 0 Å². The molecule has 1 unspecified atom stereocenters. The zero-order valence-electron chi connectivity index (χ0n) is 6.85. The molecular weight excluding hydrogens is 180 g/mol. The van der Waals surface area contributed by atoms with E-state index < -0.39 is 24.0 Å². The average molecular weight is 188 g/mol. The fourth-order valence-electron chi connectivity index (χ4n) is 0.471. The van der Waals surface area contributed by atoms with Crippen LogP contribution in [-0.4, -0.2) is 36.2 Å². The molecule has 0 radical (unpaired) electrons. The molecule has 0 saturated carbocycles. The minimum absolute atomic E-state index is 0.749. The number of carbonyl (C=O) groups excluding carboxylic acids is 2. The lowest BCUT2D eigenvalue weighted by Crippen LogP contribution is -2.35. The fraction of sp³-hybridized carbons (Fsp3) is 0.286. The summed E-state index contributed by atoms with van der Waals surface area (Å²) in [5.74, 6) is -3.75. The van der Waals surface area contributed by atoms with E-state index in [9.17, 15) is 14.4 Å². The van der Waals surface area contributed by atoms with Crippen LogP contribution in [0.15, 0.2) is 12.7 Å². The Labute approximate surface area is 73.7 Å². The van der Waals surface area contributed by atoms with Crippen LogP contribution in [0.5, 0.6) is 0 Å². The topological polar surface area (TPSA) is 89.9 Å². The smallest absolute Gasteiger partial charge is 0.359 e. The van der Waals surface area contributed by atoms with E-state index in [1.54, 1.807) is 0 Å². The lowest BCUT2D eigenvalue weighted by atomic mass is 10.3. The second-order valence-corrected chi connectivity index (χ2v) is 1.88. The molecule has 13 heavy (non-hydrogen) atoms. The van der Waals surface area contributed by atoms with E-state index in [1.165, 1.54) is 0 Å². The Morgan fingerprint density at radius 3 is 2.31 bits per heavy atom. The van der Waals surface area contributed by atoms with Crippen LogP contribution in [0.3, 0.4) is 0 Å². The summed E-state index contributed by atoms with van der Waals surface area (Å²) in [6.07, 6.45) is -1.19. The van der Waals surface area contributed by atoms with E-state index in [0.717, 1.165) is 13.2 Å². The summed E-state index contributed by atoms with van der Waals surface area (Å²) >= 11 is 0. The number of esters is 2. The van der Waals surface area contributed by atoms with Gasteiger partial charge in [0.1, 0.15) is 0 Å². The van der Waals surface area contributed by atoms with Crippen molar-refractivity contribution in [3.05, 3.63) is 12.7 Å². The third kappa shape index (κ3) is 3.37. The molecule has 0 aromatic heterocycles. The monoisotopic (exact) mass is 188 g/mol. The van der Waals surface area contributed by atoms with Gasteiger partial charge in [-0.15, -0.1) is 0 Å². The van der Waals surface area contributed by atoms with Crippen molar-refractivity contribution in [1.82, 2.24) is 0 Å². The van der Waals surface area contributed by atoms with E-state index in [2.05, 4.69) is 16.1 Å². The highest BCUT2D eigenvalue weighted by atomic mass is 16.6. The van der Waals surface area contributed by atoms with Crippen molar-refractivity contribution in [3.63, 3.8) is 0 Å². The van der Waals surface area contributed by atoms with Crippen LogP contribution in [0.1, 0.15) is 0 Å². The van der Waals surface area contributed by atoms with Gasteiger partial charge in [-0.3, -0.25) is 0 Å². The Balaban J connectivity index is 4.44. The van der Waals surface area contributed by atoms with Crippen molar-refractivity contribution < 1.29 is 29.0 Å². The predicted octanol–water partition coefficient (Wildman–Crippen LogP) is -0.658. The number of aliphatic carboxylic acids is 1. The molecule has 0 rings (SSSR count). The van der Waals surface area contributed by atoms with Gasteiger partial charge in [-0.25, -0.2) is 14.4 Å². The van der Waals surface area contributed by atoms with Crippen LogP contribution < -0.4 is 0 Å². The van der Waals surface area contributed by atoms with Gasteiger partial charge in [0.2, 0.25) is 0 Å². The average Bonchev–Trinajstić information content (AvgIpc) is 2.11. The van der Waals surface area contributed by atoms with Crippen LogP contribution >= 0.6 is 0 Å². The quantitative estimate of drug-likeness (QED) is 0.358. The van der Waals surface area contributed by atoms with Gasteiger partial charge in [0, 0.05) is 6.08 Å². The number of hydrogen-bond donors (Lipinski definition) is 1. The van der Waals surface area contributed by atoms with E-state index >= 15 is 0 Å². The molecule has 0 spiro atoms. The third-order valence-electron chi connectivity index (χ3n) is 1.04. The summed E-state index contributed by atoms with van der Waals surface area (Å²) in [4.78, 5) is 31.6. The normalized spacial score (nSPS) is 11.2. The van der Waals surface area contributed by atoms with E-state index in [-0.39, 0.29) is 0 Å². The van der Waals surface area contributed by atoms with Gasteiger partial charge in [-0.2, -0.15) is 0 Å². The number of ether oxygens (including phenoxy) is 2. The molecule has 0 fully saturated rings. The molecule has 0 aromatic rings. The Morgan fingerprint density at radius 1 is 1.46 bits per heavy atom. The summed E-state index contributed by atoms with van der Waals surface area (Å²) in [5.41, 5.74) is 0. The molecule has 1 N–H and O–H groups in total. The minimum Gasteiger partial charge on any atom is -0.478 e. The van der Waals surface area contributed by atoms with Crippen molar-refractivity contribution in [2.75, 3.05) is 7.11 Å². The highest BCUT2D eigenvalue weighted by molar-refractivity contribution is 5.99. The first-order chi connectivity index (χ1) is 6.02. The van der Waals surface area contributed by atoms with Gasteiger partial charge in [0.05, 0.1) is 7.11 Å². The molecule has 1 atom stereocenters. The first-order valence-corrected chi connectivity index (χ1v) is 3.16. The van der Waals surface area contributed by atoms with E-state index in [4.69, 9.17) is 5.11 Å². The fourth-order valence-corrected chi connectivity index (χ4v) is 0.471. The van der Waals surface area contributed by atoms with Crippen LogP contribution in [0.2, 0.25) is 0 Å². The minimum atomic E-state index is -1.93. The molecule has 6 heteroatoms. The summed E-state index contributed by atoms with van der Waals surface area (Å²) in [7, 11) is 0.986. The standard InChI is InChI=1S/C7H8O6/c1-3-4(8)13-5(6(9)10)7(11)12-2/h3,5H,1H2,2H3,(H,9,10). The molecule has 0 aliphatic heterocycles. The van der Waals surface area contributed by atoms with Crippen LogP contribution in [-0.2, 0) is 23.9 Å². The Morgan fingerprint density at radius 2 is 2.00 bits per heavy atom. The number of carboxylic acid groups (broad SMARTS) is 1. The Kier molecular flexibility index (Phi) is 4.21. The molecule has 0 aromatic carbocycles. The molecular formula is C7H8O6. The first-order valence-electron chi connectivity index (χ1n) is 3.16. The summed E-state index contributed by atoms with van der Waals surface area (Å²) in [6.45, 7) is 3.04. The molecule has 0 aliphatic rings. The molecule has 72 valence electrons. The molecule has 0 amide bonds. The highest BCUT2D eigenvalue weighted by Crippen LogP contribution is 1.96. The van der Waals surface area contributed by atoms with Crippen LogP contribution in [0.25, 0.3) is 0 Å². The summed E-state index contributed by atoms with van der Waals surface area (Å²) in [6, 6.07) is 0. The van der Waals surface area contributed by atoms with Crippen LogP contribution in [0.4, 0.5) is 0 Å². The maximum absolute atomic E-state index is 10.7. The van der Waals surface area contributed by atoms with Crippen molar-refractivity contribution in [3.8, 4) is 0 Å². The van der Waals surface area contributed by atoms with E-state index in [0.29, 0.717) is 0 Å². The highest BCUT2D eigenvalue weighted by Gasteiger charge is 2.30. The number of carboxylic acids is 1. The largest absolute Gasteiger partial charge is 0.478 e. The molecule has 6 nitrogen and oxygen atoms in total. The second-order valence-electron chi connectivity index (χ2n) is 1.88. The SMILES string of the molecule is C=CC(=O)OC(C(=O)O)C(=O)OC. The van der Waals surface area contributed by atoms with Gasteiger partial charge in [-0.1, -0.05) is 6.58 Å². The van der Waals surface area contributed by atoms with Crippen molar-refractivity contribution >= 4 is 17.9 Å². The first kappa shape index (κ1) is 11.2. The van der Waals surface area contributed by atoms with Gasteiger partial charge >= 0.3 is 17.9 Å². The molecule has 0 aliphatic carbocycles. The van der Waals surface area contributed by atoms with Crippen molar-refractivity contribution in [2.24, 2.45) is 0 Å². The predicted molar refractivity (Wildman–Crippen MR) is 39.7 cm³/mol. The summed E-state index contributed by atoms with van der Waals surface area (Å²) < 4.78 is 8.27. The molecule has 0 heterocycles. The van der Waals surface area contributed by atoms with Crippen LogP contribution in [0, 0.1) is 0 Å². The van der Waals surface area contributed by atoms with Gasteiger partial charge in [0.25, 0.3) is 6.10 Å². The zero-order valence-corrected chi connectivity index (χ0v) is 6.85. The van der Waals surface area contributed by atoms with Gasteiger partial charge in [0.15, 0.2) is 0 Å². The Hall–Kier alpha value is -1.85. The third-order valence-corrected chi connectivity index (χ3v) is 1.04. The second kappa shape index (κ2) is 4.91. The maximum Gasteiger partial charge on any atom is 0.359 e. The summed E-state index contributed by atoms with van der Waals surface area (Å²) in [5, 5.41) is 8.41. The number of methoxy groups -OCH3 is 1. The number of carbonyl (C=O) groups is 3. The van der Waals surface area contributed by atoms with Crippen molar-refractivity contribution in [2.45, 2.75) is 6.10 Å². The number of hydrogen-bond acceptors (Lipinski definition) is 5. The zero-order chi connectivity index (χ0) is 10.4. The Bertz CT molecular complexity index is 243. The lowest BCUT2D eigenvalue weighted by molar-refractivity contribution is -0.174. The van der Waals surface area contributed by atoms with Gasteiger partial charge in [-0.05, 0) is 0 Å². The maximum atomic E-state index is 10.7. The molecule has 0 bridgehead atoms. The molecule has 0 saturated heterocycles. The van der Waals surface area contributed by atoms with Gasteiger partial charge < -0.3 is 14.6 Å².